The average molecular weight is 513 g/mol. The van der Waals surface area contributed by atoms with Crippen LogP contribution >= 0.6 is 0 Å². The van der Waals surface area contributed by atoms with Crippen molar-refractivity contribution in [3.8, 4) is 0 Å². The molecule has 2 fully saturated rings. The molecule has 0 saturated carbocycles. The first-order chi connectivity index (χ1) is 17.4. The summed E-state index contributed by atoms with van der Waals surface area (Å²) in [6, 6.07) is 14.1. The van der Waals surface area contributed by atoms with E-state index in [-0.39, 0.29) is 36.9 Å². The summed E-state index contributed by atoms with van der Waals surface area (Å²) in [5.41, 5.74) is 1.90. The largest absolute Gasteiger partial charge is 0.396 e. The van der Waals surface area contributed by atoms with Crippen molar-refractivity contribution in [2.45, 2.75) is 44.0 Å². The predicted molar refractivity (Wildman–Crippen MR) is 140 cm³/mol. The van der Waals surface area contributed by atoms with Gasteiger partial charge in [-0.1, -0.05) is 36.4 Å². The van der Waals surface area contributed by atoms with Crippen molar-refractivity contribution in [3.63, 3.8) is 0 Å². The van der Waals surface area contributed by atoms with E-state index in [1.807, 2.05) is 55.8 Å². The van der Waals surface area contributed by atoms with Crippen molar-refractivity contribution in [2.24, 2.45) is 28.0 Å². The fourth-order valence-corrected chi connectivity index (χ4v) is 8.04. The number of hydrogen-bond donors (Lipinski definition) is 1. The third-order valence-corrected chi connectivity index (χ3v) is 10.4. The van der Waals surface area contributed by atoms with E-state index in [0.717, 1.165) is 30.6 Å². The zero-order chi connectivity index (χ0) is 25.3. The van der Waals surface area contributed by atoms with Crippen molar-refractivity contribution in [2.75, 3.05) is 24.6 Å². The van der Waals surface area contributed by atoms with Gasteiger partial charge in [0, 0.05) is 67.8 Å². The maximum absolute atomic E-state index is 15.3. The van der Waals surface area contributed by atoms with Crippen LogP contribution in [0.3, 0.4) is 0 Å². The molecule has 0 amide bonds. The lowest BCUT2D eigenvalue weighted by Gasteiger charge is -2.40. The van der Waals surface area contributed by atoms with E-state index >= 15 is 4.39 Å². The second-order valence-electron chi connectivity index (χ2n) is 10.1. The minimum Gasteiger partial charge on any atom is -0.396 e. The lowest BCUT2D eigenvalue weighted by atomic mass is 9.78. The molecule has 0 spiro atoms. The Balaban J connectivity index is 1.31. The normalized spacial score (nSPS) is 28.6. The summed E-state index contributed by atoms with van der Waals surface area (Å²) in [6.45, 7) is 3.32. The van der Waals surface area contributed by atoms with Crippen molar-refractivity contribution in [3.05, 3.63) is 65.5 Å². The zero-order valence-corrected chi connectivity index (χ0v) is 21.3. The summed E-state index contributed by atoms with van der Waals surface area (Å²) in [5.74, 6) is 0.0246. The summed E-state index contributed by atoms with van der Waals surface area (Å²) >= 11 is 0. The number of halogens is 1. The Hall–Kier alpha value is -2.62. The molecule has 0 bridgehead atoms. The van der Waals surface area contributed by atoms with E-state index < -0.39 is 21.1 Å². The highest BCUT2D eigenvalue weighted by atomic mass is 32.2. The van der Waals surface area contributed by atoms with E-state index in [2.05, 4.69) is 15.1 Å². The molecule has 0 aliphatic carbocycles. The molecule has 2 aromatic carbocycles. The zero-order valence-electron chi connectivity index (χ0n) is 20.4. The third kappa shape index (κ3) is 4.84. The fraction of sp³-hybridized carbons (Fsp3) is 0.481. The van der Waals surface area contributed by atoms with Crippen LogP contribution in [-0.2, 0) is 16.6 Å². The van der Waals surface area contributed by atoms with Crippen molar-refractivity contribution >= 4 is 28.1 Å². The summed E-state index contributed by atoms with van der Waals surface area (Å²) in [4.78, 5) is 2.10. The van der Waals surface area contributed by atoms with Gasteiger partial charge in [0.25, 0.3) is 0 Å². The van der Waals surface area contributed by atoms with Crippen molar-refractivity contribution in [1.82, 2.24) is 4.31 Å². The molecule has 0 unspecified atom stereocenters. The Bertz CT molecular complexity index is 1220. The second kappa shape index (κ2) is 10.4. The van der Waals surface area contributed by atoms with Crippen LogP contribution in [-0.4, -0.2) is 56.0 Å². The standard InChI is InChI=1S/C27H33FN4O3S/c1-19-7-10-27(20-5-3-2-4-6-20)36(34,35)32(19)17-21-8-9-24(13-26(21)28)31-12-11-25(23(16-31)18-33)22-14-29-30-15-22/h2-6,8-9,13-15,19,22-23,25,27,33H,7,10-12,16-18H2,1H3/t19-,23+,25-,27+/m0/s1. The van der Waals surface area contributed by atoms with E-state index in [0.29, 0.717) is 18.5 Å². The first-order valence-electron chi connectivity index (χ1n) is 12.6. The van der Waals surface area contributed by atoms with Crippen LogP contribution in [0.1, 0.15) is 42.6 Å². The van der Waals surface area contributed by atoms with Gasteiger partial charge in [-0.2, -0.15) is 14.5 Å². The van der Waals surface area contributed by atoms with Crippen LogP contribution in [0.25, 0.3) is 0 Å². The fourth-order valence-electron chi connectivity index (χ4n) is 5.86. The van der Waals surface area contributed by atoms with Gasteiger partial charge >= 0.3 is 0 Å². The van der Waals surface area contributed by atoms with E-state index in [1.54, 1.807) is 6.07 Å². The Morgan fingerprint density at radius 1 is 1.06 bits per heavy atom. The third-order valence-electron chi connectivity index (χ3n) is 7.99. The number of benzene rings is 2. The maximum atomic E-state index is 15.3. The van der Waals surface area contributed by atoms with Gasteiger partial charge in [0.15, 0.2) is 0 Å². The topological polar surface area (TPSA) is 85.6 Å². The number of anilines is 1. The second-order valence-corrected chi connectivity index (χ2v) is 12.2. The molecule has 5 rings (SSSR count). The SMILES string of the molecule is C[C@H]1CC[C@H](c2ccccc2)S(=O)(=O)N1Cc1ccc(N2CC[C@@H](C3C=NN=C3)[C@@H](CO)C2)cc1F. The number of aliphatic hydroxyl groups is 1. The molecule has 0 radical (unpaired) electrons. The molecule has 9 heteroatoms. The van der Waals surface area contributed by atoms with Gasteiger partial charge in [0.2, 0.25) is 10.0 Å². The lowest BCUT2D eigenvalue weighted by Crippen LogP contribution is -2.45. The highest BCUT2D eigenvalue weighted by Crippen LogP contribution is 2.39. The van der Waals surface area contributed by atoms with Crippen LogP contribution in [0.15, 0.2) is 58.7 Å². The van der Waals surface area contributed by atoms with Crippen LogP contribution in [0.4, 0.5) is 10.1 Å². The van der Waals surface area contributed by atoms with Crippen LogP contribution in [0.2, 0.25) is 0 Å². The first kappa shape index (κ1) is 25.0. The predicted octanol–water partition coefficient (Wildman–Crippen LogP) is 4.00. The highest BCUT2D eigenvalue weighted by molar-refractivity contribution is 7.89. The number of aliphatic hydroxyl groups excluding tert-OH is 1. The summed E-state index contributed by atoms with van der Waals surface area (Å²) in [7, 11) is -3.63. The number of rotatable bonds is 6. The summed E-state index contributed by atoms with van der Waals surface area (Å²) in [6.07, 6.45) is 5.80. The highest BCUT2D eigenvalue weighted by Gasteiger charge is 2.41. The quantitative estimate of drug-likeness (QED) is 0.634. The molecule has 36 heavy (non-hydrogen) atoms. The average Bonchev–Trinajstić information content (AvgIpc) is 3.42. The molecular weight excluding hydrogens is 479 g/mol. The Morgan fingerprint density at radius 3 is 2.50 bits per heavy atom. The monoisotopic (exact) mass is 512 g/mol. The lowest BCUT2D eigenvalue weighted by molar-refractivity contribution is 0.151. The maximum Gasteiger partial charge on any atom is 0.221 e. The summed E-state index contributed by atoms with van der Waals surface area (Å²) < 4.78 is 43.8. The minimum absolute atomic E-state index is 0.0145. The van der Waals surface area contributed by atoms with Gasteiger partial charge in [-0.25, -0.2) is 12.8 Å². The molecule has 192 valence electrons. The van der Waals surface area contributed by atoms with Crippen molar-refractivity contribution < 1.29 is 17.9 Å². The molecule has 2 saturated heterocycles. The van der Waals surface area contributed by atoms with Gasteiger partial charge in [-0.15, -0.1) is 0 Å². The van der Waals surface area contributed by atoms with E-state index in [4.69, 9.17) is 0 Å². The summed E-state index contributed by atoms with van der Waals surface area (Å²) in [5, 5.41) is 17.3. The molecular formula is C27H33FN4O3S. The van der Waals surface area contributed by atoms with Crippen LogP contribution in [0.5, 0.6) is 0 Å². The Kier molecular flexibility index (Phi) is 7.23. The number of piperidine rings is 1. The van der Waals surface area contributed by atoms with Crippen LogP contribution < -0.4 is 4.90 Å². The van der Waals surface area contributed by atoms with Gasteiger partial charge in [-0.3, -0.25) is 0 Å². The Morgan fingerprint density at radius 2 is 1.81 bits per heavy atom. The van der Waals surface area contributed by atoms with E-state index in [1.165, 1.54) is 10.4 Å². The van der Waals surface area contributed by atoms with Gasteiger partial charge in [-0.05, 0) is 49.8 Å². The molecule has 3 aliphatic heterocycles. The van der Waals surface area contributed by atoms with Crippen LogP contribution in [0, 0.1) is 23.6 Å². The smallest absolute Gasteiger partial charge is 0.221 e. The van der Waals surface area contributed by atoms with Gasteiger partial charge in [0.05, 0.1) is 0 Å². The Labute approximate surface area is 212 Å². The molecule has 0 aromatic heterocycles. The first-order valence-corrected chi connectivity index (χ1v) is 14.1. The number of hydrogen-bond acceptors (Lipinski definition) is 6. The molecule has 7 nitrogen and oxygen atoms in total. The number of nitrogens with zero attached hydrogens (tertiary/aromatic N) is 4. The van der Waals surface area contributed by atoms with Gasteiger partial charge in [0.1, 0.15) is 11.1 Å². The minimum atomic E-state index is -3.63. The molecule has 2 aromatic rings. The van der Waals surface area contributed by atoms with Gasteiger partial charge < -0.3 is 10.0 Å². The molecule has 1 N–H and O–H groups in total. The number of sulfonamides is 1. The molecule has 4 atom stereocenters. The van der Waals surface area contributed by atoms with E-state index in [9.17, 15) is 13.5 Å². The molecule has 3 aliphatic rings. The molecule has 3 heterocycles. The van der Waals surface area contributed by atoms with Crippen molar-refractivity contribution in [1.29, 1.82) is 0 Å².